The molecule has 5 heteroatoms. The van der Waals surface area contributed by atoms with Crippen LogP contribution in [0, 0.1) is 0 Å². The predicted octanol–water partition coefficient (Wildman–Crippen LogP) is 6.37. The van der Waals surface area contributed by atoms with Gasteiger partial charge in [0.25, 0.3) is 0 Å². The van der Waals surface area contributed by atoms with Crippen LogP contribution in [0.1, 0.15) is 32.6 Å². The van der Waals surface area contributed by atoms with Crippen LogP contribution in [0.3, 0.4) is 0 Å². The first-order valence-electron chi connectivity index (χ1n) is 9.16. The molecule has 0 N–H and O–H groups in total. The summed E-state index contributed by atoms with van der Waals surface area (Å²) in [6.07, 6.45) is 4.82. The molecule has 0 unspecified atom stereocenters. The molecule has 0 bridgehead atoms. The van der Waals surface area contributed by atoms with E-state index >= 15 is 0 Å². The summed E-state index contributed by atoms with van der Waals surface area (Å²) in [5, 5.41) is 2.29. The summed E-state index contributed by atoms with van der Waals surface area (Å²) in [5.74, 6) is 1.67. The molecule has 1 saturated heterocycles. The summed E-state index contributed by atoms with van der Waals surface area (Å²) in [6.45, 7) is 3.29. The standard InChI is InChI=1S/C21H21Cl2N3/c1-2-15-7-5-6-12-26(15)21-17-8-3-4-9-19(17)24-20(25-21)16-11-10-14(22)13-18(16)23/h3-4,8-11,13,15H,2,5-7,12H2,1H3/t15-/m1/s1. The third kappa shape index (κ3) is 3.26. The van der Waals surface area contributed by atoms with Crippen LogP contribution in [-0.2, 0) is 0 Å². The monoisotopic (exact) mass is 385 g/mol. The van der Waals surface area contributed by atoms with E-state index in [0.29, 0.717) is 21.9 Å². The second-order valence-corrected chi connectivity index (χ2v) is 7.61. The van der Waals surface area contributed by atoms with E-state index in [1.807, 2.05) is 24.3 Å². The Labute approximate surface area is 164 Å². The third-order valence-electron chi connectivity index (χ3n) is 5.13. The van der Waals surface area contributed by atoms with Gasteiger partial charge in [0.1, 0.15) is 5.82 Å². The van der Waals surface area contributed by atoms with Crippen LogP contribution in [0.5, 0.6) is 0 Å². The largest absolute Gasteiger partial charge is 0.353 e. The quantitative estimate of drug-likeness (QED) is 0.524. The Morgan fingerprint density at radius 1 is 1.08 bits per heavy atom. The molecular weight excluding hydrogens is 365 g/mol. The van der Waals surface area contributed by atoms with E-state index in [4.69, 9.17) is 33.2 Å². The average Bonchev–Trinajstić information content (AvgIpc) is 2.67. The van der Waals surface area contributed by atoms with Crippen molar-refractivity contribution in [2.75, 3.05) is 11.4 Å². The molecule has 1 fully saturated rings. The zero-order valence-electron chi connectivity index (χ0n) is 14.8. The molecule has 0 radical (unpaired) electrons. The maximum absolute atomic E-state index is 6.43. The van der Waals surface area contributed by atoms with Gasteiger partial charge in [0, 0.05) is 28.6 Å². The smallest absolute Gasteiger partial charge is 0.163 e. The molecule has 1 aromatic heterocycles. The molecule has 1 aliphatic rings. The summed E-state index contributed by atoms with van der Waals surface area (Å²) in [4.78, 5) is 12.2. The number of piperidine rings is 1. The molecule has 26 heavy (non-hydrogen) atoms. The molecule has 3 aromatic rings. The van der Waals surface area contributed by atoms with Crippen LogP contribution in [-0.4, -0.2) is 22.6 Å². The minimum Gasteiger partial charge on any atom is -0.353 e. The van der Waals surface area contributed by atoms with Crippen LogP contribution in [0.4, 0.5) is 5.82 Å². The van der Waals surface area contributed by atoms with Crippen molar-refractivity contribution in [2.24, 2.45) is 0 Å². The number of anilines is 1. The van der Waals surface area contributed by atoms with Crippen molar-refractivity contribution in [1.29, 1.82) is 0 Å². The molecule has 3 nitrogen and oxygen atoms in total. The fourth-order valence-corrected chi connectivity index (χ4v) is 4.27. The van der Waals surface area contributed by atoms with Crippen molar-refractivity contribution >= 4 is 39.9 Å². The highest BCUT2D eigenvalue weighted by molar-refractivity contribution is 6.36. The molecule has 4 rings (SSSR count). The van der Waals surface area contributed by atoms with Gasteiger partial charge >= 0.3 is 0 Å². The Balaban J connectivity index is 1.91. The van der Waals surface area contributed by atoms with E-state index in [9.17, 15) is 0 Å². The third-order valence-corrected chi connectivity index (χ3v) is 5.67. The van der Waals surface area contributed by atoms with Gasteiger partial charge in [-0.25, -0.2) is 9.97 Å². The van der Waals surface area contributed by atoms with Crippen LogP contribution < -0.4 is 4.90 Å². The van der Waals surface area contributed by atoms with E-state index in [-0.39, 0.29) is 0 Å². The summed E-state index contributed by atoms with van der Waals surface area (Å²) < 4.78 is 0. The molecule has 2 aromatic carbocycles. The lowest BCUT2D eigenvalue weighted by molar-refractivity contribution is 0.448. The highest BCUT2D eigenvalue weighted by atomic mass is 35.5. The molecule has 134 valence electrons. The van der Waals surface area contributed by atoms with Gasteiger partial charge in [0.05, 0.1) is 10.5 Å². The summed E-state index contributed by atoms with van der Waals surface area (Å²) >= 11 is 12.5. The van der Waals surface area contributed by atoms with Gasteiger partial charge in [-0.1, -0.05) is 42.3 Å². The molecule has 0 saturated carbocycles. The van der Waals surface area contributed by atoms with E-state index in [1.54, 1.807) is 6.07 Å². The lowest BCUT2D eigenvalue weighted by Crippen LogP contribution is -2.39. The van der Waals surface area contributed by atoms with Crippen LogP contribution in [0.2, 0.25) is 10.0 Å². The van der Waals surface area contributed by atoms with Crippen molar-refractivity contribution in [3.8, 4) is 11.4 Å². The van der Waals surface area contributed by atoms with E-state index in [0.717, 1.165) is 35.2 Å². The lowest BCUT2D eigenvalue weighted by atomic mass is 9.99. The van der Waals surface area contributed by atoms with E-state index in [1.165, 1.54) is 19.3 Å². The number of hydrogen-bond donors (Lipinski definition) is 0. The molecule has 0 amide bonds. The zero-order chi connectivity index (χ0) is 18.1. The van der Waals surface area contributed by atoms with Gasteiger partial charge in [0.2, 0.25) is 0 Å². The fraction of sp³-hybridized carbons (Fsp3) is 0.333. The highest BCUT2D eigenvalue weighted by Crippen LogP contribution is 2.34. The van der Waals surface area contributed by atoms with Crippen molar-refractivity contribution in [1.82, 2.24) is 9.97 Å². The van der Waals surface area contributed by atoms with Gasteiger partial charge in [-0.2, -0.15) is 0 Å². The molecule has 0 spiro atoms. The topological polar surface area (TPSA) is 29.0 Å². The summed E-state index contributed by atoms with van der Waals surface area (Å²) in [6, 6.07) is 14.2. The first-order valence-corrected chi connectivity index (χ1v) is 9.92. The van der Waals surface area contributed by atoms with Gasteiger partial charge in [-0.05, 0) is 56.0 Å². The Bertz CT molecular complexity index is 942. The number of fused-ring (bicyclic) bond motifs is 1. The number of para-hydroxylation sites is 1. The predicted molar refractivity (Wildman–Crippen MR) is 110 cm³/mol. The minimum atomic E-state index is 0.524. The summed E-state index contributed by atoms with van der Waals surface area (Å²) in [5.41, 5.74) is 1.76. The van der Waals surface area contributed by atoms with Gasteiger partial charge in [0.15, 0.2) is 5.82 Å². The number of aromatic nitrogens is 2. The number of nitrogens with zero attached hydrogens (tertiary/aromatic N) is 3. The van der Waals surface area contributed by atoms with Crippen molar-refractivity contribution < 1.29 is 0 Å². The summed E-state index contributed by atoms with van der Waals surface area (Å²) in [7, 11) is 0. The Kier molecular flexibility index (Phi) is 5.01. The van der Waals surface area contributed by atoms with E-state index in [2.05, 4.69) is 24.0 Å². The van der Waals surface area contributed by atoms with Crippen molar-refractivity contribution in [3.63, 3.8) is 0 Å². The first-order chi connectivity index (χ1) is 12.7. The number of halogens is 2. The maximum Gasteiger partial charge on any atom is 0.163 e. The number of rotatable bonds is 3. The Hall–Kier alpha value is -1.84. The van der Waals surface area contributed by atoms with E-state index < -0.39 is 0 Å². The normalized spacial score (nSPS) is 17.7. The molecule has 2 heterocycles. The first kappa shape index (κ1) is 17.6. The second kappa shape index (κ2) is 7.42. The molecule has 1 aliphatic heterocycles. The highest BCUT2D eigenvalue weighted by Gasteiger charge is 2.25. The van der Waals surface area contributed by atoms with Gasteiger partial charge in [-0.3, -0.25) is 0 Å². The fourth-order valence-electron chi connectivity index (χ4n) is 3.77. The van der Waals surface area contributed by atoms with Crippen LogP contribution >= 0.6 is 23.2 Å². The lowest BCUT2D eigenvalue weighted by Gasteiger charge is -2.37. The molecule has 1 atom stereocenters. The Morgan fingerprint density at radius 2 is 1.92 bits per heavy atom. The molecule has 0 aliphatic carbocycles. The van der Waals surface area contributed by atoms with Crippen LogP contribution in [0.25, 0.3) is 22.3 Å². The number of benzene rings is 2. The van der Waals surface area contributed by atoms with Gasteiger partial charge in [-0.15, -0.1) is 0 Å². The molecular formula is C21H21Cl2N3. The zero-order valence-corrected chi connectivity index (χ0v) is 16.3. The number of hydrogen-bond acceptors (Lipinski definition) is 3. The maximum atomic E-state index is 6.43. The van der Waals surface area contributed by atoms with Crippen molar-refractivity contribution in [3.05, 3.63) is 52.5 Å². The minimum absolute atomic E-state index is 0.524. The Morgan fingerprint density at radius 3 is 2.73 bits per heavy atom. The van der Waals surface area contributed by atoms with Gasteiger partial charge < -0.3 is 4.90 Å². The van der Waals surface area contributed by atoms with Crippen molar-refractivity contribution in [2.45, 2.75) is 38.6 Å². The average molecular weight is 386 g/mol. The van der Waals surface area contributed by atoms with Crippen LogP contribution in [0.15, 0.2) is 42.5 Å². The second-order valence-electron chi connectivity index (χ2n) is 6.76. The SMILES string of the molecule is CC[C@@H]1CCCCN1c1nc(-c2ccc(Cl)cc2Cl)nc2ccccc12.